The second-order valence-electron chi connectivity index (χ2n) is 6.24. The van der Waals surface area contributed by atoms with Crippen molar-refractivity contribution in [3.63, 3.8) is 0 Å². The predicted octanol–water partition coefficient (Wildman–Crippen LogP) is 4.18. The van der Waals surface area contributed by atoms with Crippen molar-refractivity contribution in [3.8, 4) is 0 Å². The summed E-state index contributed by atoms with van der Waals surface area (Å²) in [4.78, 5) is 26.8. The van der Waals surface area contributed by atoms with Gasteiger partial charge in [-0.2, -0.15) is 0 Å². The number of rotatable bonds is 3. The van der Waals surface area contributed by atoms with Gasteiger partial charge in [-0.05, 0) is 37.3 Å². The van der Waals surface area contributed by atoms with Gasteiger partial charge in [-0.3, -0.25) is 4.79 Å². The topological polar surface area (TPSA) is 55.5 Å². The number of aryl methyl sites for hydroxylation is 1. The van der Waals surface area contributed by atoms with Crippen LogP contribution in [0.2, 0.25) is 0 Å². The van der Waals surface area contributed by atoms with Gasteiger partial charge in [0.25, 0.3) is 5.91 Å². The quantitative estimate of drug-likeness (QED) is 0.513. The van der Waals surface area contributed by atoms with E-state index in [1.807, 2.05) is 19.1 Å². The number of halogens is 1. The summed E-state index contributed by atoms with van der Waals surface area (Å²) in [5.74, 6) is -0.890. The number of carbonyl (C=O) groups is 1. The number of para-hydroxylation sites is 2. The zero-order valence-electron chi connectivity index (χ0n) is 14.9. The van der Waals surface area contributed by atoms with E-state index in [1.54, 1.807) is 28.8 Å². The molecule has 0 bridgehead atoms. The lowest BCUT2D eigenvalue weighted by molar-refractivity contribution is 0.0984. The van der Waals surface area contributed by atoms with Gasteiger partial charge >= 0.3 is 5.63 Å². The Kier molecular flexibility index (Phi) is 4.03. The predicted molar refractivity (Wildman–Crippen MR) is 103 cm³/mol. The molecule has 0 unspecified atom stereocenters. The van der Waals surface area contributed by atoms with E-state index < -0.39 is 17.3 Å². The lowest BCUT2D eigenvalue weighted by atomic mass is 10.2. The number of hydrogen-bond donors (Lipinski definition) is 0. The summed E-state index contributed by atoms with van der Waals surface area (Å²) in [7, 11) is 1.51. The van der Waals surface area contributed by atoms with E-state index in [9.17, 15) is 14.0 Å². The van der Waals surface area contributed by atoms with Crippen LogP contribution in [0.15, 0.2) is 63.8 Å². The van der Waals surface area contributed by atoms with E-state index in [2.05, 4.69) is 0 Å². The van der Waals surface area contributed by atoms with Crippen molar-refractivity contribution in [1.29, 1.82) is 0 Å². The third-order valence-electron chi connectivity index (χ3n) is 4.72. The molecule has 0 aliphatic rings. The molecule has 4 aromatic rings. The smallest absolute Gasteiger partial charge is 0.345 e. The zero-order chi connectivity index (χ0) is 19.1. The second kappa shape index (κ2) is 6.39. The highest BCUT2D eigenvalue weighted by Gasteiger charge is 2.23. The number of anilines is 1. The van der Waals surface area contributed by atoms with E-state index in [1.165, 1.54) is 30.1 Å². The minimum atomic E-state index is -0.501. The van der Waals surface area contributed by atoms with Gasteiger partial charge in [-0.15, -0.1) is 0 Å². The number of hydrogen-bond acceptors (Lipinski definition) is 3. The number of nitrogens with zero attached hydrogens (tertiary/aromatic N) is 2. The molecule has 0 N–H and O–H groups in total. The molecule has 5 nitrogen and oxygen atoms in total. The molecule has 27 heavy (non-hydrogen) atoms. The number of fused-ring (bicyclic) bond motifs is 3. The molecule has 0 atom stereocenters. The Hall–Kier alpha value is -3.41. The van der Waals surface area contributed by atoms with Crippen LogP contribution in [0.1, 0.15) is 17.4 Å². The van der Waals surface area contributed by atoms with E-state index in [-0.39, 0.29) is 5.69 Å². The molecule has 4 rings (SSSR count). The van der Waals surface area contributed by atoms with Crippen LogP contribution in [0.25, 0.3) is 21.9 Å². The highest BCUT2D eigenvalue weighted by atomic mass is 19.1. The first-order chi connectivity index (χ1) is 13.0. The van der Waals surface area contributed by atoms with E-state index in [0.717, 1.165) is 5.39 Å². The zero-order valence-corrected chi connectivity index (χ0v) is 14.9. The van der Waals surface area contributed by atoms with Crippen LogP contribution in [-0.4, -0.2) is 17.5 Å². The molecule has 0 fully saturated rings. The van der Waals surface area contributed by atoms with E-state index >= 15 is 0 Å². The third-order valence-corrected chi connectivity index (χ3v) is 4.72. The summed E-state index contributed by atoms with van der Waals surface area (Å²) < 4.78 is 21.3. The van der Waals surface area contributed by atoms with Crippen molar-refractivity contribution in [2.45, 2.75) is 13.5 Å². The average molecular weight is 364 g/mol. The summed E-state index contributed by atoms with van der Waals surface area (Å²) in [5.41, 5.74) is 1.09. The molecule has 1 amide bonds. The molecule has 2 heterocycles. The maximum absolute atomic E-state index is 14.1. The summed E-state index contributed by atoms with van der Waals surface area (Å²) in [6.07, 6.45) is 0. The van der Waals surface area contributed by atoms with Gasteiger partial charge in [0.05, 0.1) is 16.6 Å². The average Bonchev–Trinajstić information content (AvgIpc) is 3.08. The van der Waals surface area contributed by atoms with Gasteiger partial charge in [0.2, 0.25) is 0 Å². The normalized spacial score (nSPS) is 11.2. The van der Waals surface area contributed by atoms with Gasteiger partial charge in [0.15, 0.2) is 0 Å². The van der Waals surface area contributed by atoms with Gasteiger partial charge in [0.1, 0.15) is 17.1 Å². The molecule has 0 saturated heterocycles. The lowest BCUT2D eigenvalue weighted by Gasteiger charge is -2.19. The fourth-order valence-electron chi connectivity index (χ4n) is 3.41. The first-order valence-corrected chi connectivity index (χ1v) is 8.60. The van der Waals surface area contributed by atoms with Crippen LogP contribution in [0, 0.1) is 5.82 Å². The Morgan fingerprint density at radius 2 is 1.81 bits per heavy atom. The van der Waals surface area contributed by atoms with E-state index in [0.29, 0.717) is 28.7 Å². The number of carbonyl (C=O) groups excluding carboxylic acids is 1. The largest absolute Gasteiger partial charge is 0.422 e. The van der Waals surface area contributed by atoms with Crippen LogP contribution in [0.5, 0.6) is 0 Å². The van der Waals surface area contributed by atoms with Crippen LogP contribution in [0.4, 0.5) is 10.1 Å². The third kappa shape index (κ3) is 2.61. The summed E-state index contributed by atoms with van der Waals surface area (Å²) in [5, 5.41) is 1.09. The van der Waals surface area contributed by atoms with Crippen molar-refractivity contribution in [1.82, 2.24) is 4.57 Å². The molecule has 6 heteroatoms. The van der Waals surface area contributed by atoms with Gasteiger partial charge < -0.3 is 13.9 Å². The number of aromatic nitrogens is 1. The van der Waals surface area contributed by atoms with Gasteiger partial charge in [-0.1, -0.05) is 24.3 Å². The Bertz CT molecular complexity index is 1240. The summed E-state index contributed by atoms with van der Waals surface area (Å²) >= 11 is 0. The van der Waals surface area contributed by atoms with Crippen LogP contribution >= 0.6 is 0 Å². The fraction of sp³-hybridized carbons (Fsp3) is 0.143. The Balaban J connectivity index is 1.96. The molecular formula is C21H17FN2O3. The summed E-state index contributed by atoms with van der Waals surface area (Å²) in [6.45, 7) is 2.37. The molecule has 136 valence electrons. The van der Waals surface area contributed by atoms with E-state index in [4.69, 9.17) is 4.42 Å². The SMILES string of the molecule is CCn1c(C(=O)N(C)c2ccccc2F)cc2c(=O)oc3ccccc3c21. The first-order valence-electron chi connectivity index (χ1n) is 8.60. The minimum Gasteiger partial charge on any atom is -0.422 e. The Labute approximate surface area is 154 Å². The molecule has 0 spiro atoms. The molecule has 0 saturated carbocycles. The number of amides is 1. The molecule has 0 aliphatic heterocycles. The minimum absolute atomic E-state index is 0.173. The van der Waals surface area contributed by atoms with Crippen molar-refractivity contribution in [2.24, 2.45) is 0 Å². The lowest BCUT2D eigenvalue weighted by Crippen LogP contribution is -2.29. The maximum Gasteiger partial charge on any atom is 0.345 e. The van der Waals surface area contributed by atoms with Crippen molar-refractivity contribution >= 4 is 33.5 Å². The number of benzene rings is 2. The van der Waals surface area contributed by atoms with Gasteiger partial charge in [0, 0.05) is 19.0 Å². The van der Waals surface area contributed by atoms with Crippen molar-refractivity contribution < 1.29 is 13.6 Å². The van der Waals surface area contributed by atoms with Gasteiger partial charge in [-0.25, -0.2) is 9.18 Å². The van der Waals surface area contributed by atoms with Crippen LogP contribution in [0.3, 0.4) is 0 Å². The Morgan fingerprint density at radius 3 is 2.56 bits per heavy atom. The second-order valence-corrected chi connectivity index (χ2v) is 6.24. The van der Waals surface area contributed by atoms with Crippen LogP contribution in [-0.2, 0) is 6.54 Å². The monoisotopic (exact) mass is 364 g/mol. The first kappa shape index (κ1) is 17.0. The highest BCUT2D eigenvalue weighted by molar-refractivity contribution is 6.11. The highest BCUT2D eigenvalue weighted by Crippen LogP contribution is 2.28. The molecule has 2 aromatic heterocycles. The van der Waals surface area contributed by atoms with Crippen molar-refractivity contribution in [2.75, 3.05) is 11.9 Å². The summed E-state index contributed by atoms with van der Waals surface area (Å²) in [6, 6.07) is 14.8. The standard InChI is InChI=1S/C21H17FN2O3/c1-3-24-17(20(25)23(2)16-10-6-5-9-15(16)22)12-14-19(24)13-8-4-7-11-18(13)27-21(14)26/h4-12H,3H2,1-2H3. The molecule has 0 aliphatic carbocycles. The molecule has 0 radical (unpaired) electrons. The molecule has 2 aromatic carbocycles. The fourth-order valence-corrected chi connectivity index (χ4v) is 3.41. The van der Waals surface area contributed by atoms with Crippen molar-refractivity contribution in [3.05, 3.63) is 76.5 Å². The molecular weight excluding hydrogens is 347 g/mol. The Morgan fingerprint density at radius 1 is 1.11 bits per heavy atom. The van der Waals surface area contributed by atoms with Crippen LogP contribution < -0.4 is 10.5 Å². The maximum atomic E-state index is 14.1.